The van der Waals surface area contributed by atoms with Crippen molar-refractivity contribution in [3.63, 3.8) is 0 Å². The summed E-state index contributed by atoms with van der Waals surface area (Å²) in [6.45, 7) is 7.68. The third-order valence-corrected chi connectivity index (χ3v) is 5.98. The van der Waals surface area contributed by atoms with Gasteiger partial charge in [0.2, 0.25) is 0 Å². The maximum absolute atomic E-state index is 12.9. The van der Waals surface area contributed by atoms with Crippen LogP contribution in [0.2, 0.25) is 0 Å². The number of carbonyl (C=O) groups excluding carboxylic acids is 1. The van der Waals surface area contributed by atoms with Crippen molar-refractivity contribution in [2.75, 3.05) is 26.2 Å². The van der Waals surface area contributed by atoms with E-state index in [9.17, 15) is 9.90 Å². The van der Waals surface area contributed by atoms with E-state index in [1.54, 1.807) is 12.5 Å². The number of carbonyl (C=O) groups is 1. The van der Waals surface area contributed by atoms with Crippen LogP contribution in [0.4, 0.5) is 0 Å². The molecule has 2 saturated heterocycles. The van der Waals surface area contributed by atoms with Crippen molar-refractivity contribution in [2.24, 2.45) is 0 Å². The van der Waals surface area contributed by atoms with Gasteiger partial charge in [0.15, 0.2) is 5.65 Å². The summed E-state index contributed by atoms with van der Waals surface area (Å²) in [4.78, 5) is 26.2. The number of nitrogens with zero attached hydrogens (tertiary/aromatic N) is 5. The van der Waals surface area contributed by atoms with Crippen LogP contribution in [0.3, 0.4) is 0 Å². The Kier molecular flexibility index (Phi) is 5.14. The van der Waals surface area contributed by atoms with E-state index in [4.69, 9.17) is 0 Å². The Bertz CT molecular complexity index is 802. The molecule has 0 unspecified atom stereocenters. The number of imidazole rings is 1. The van der Waals surface area contributed by atoms with Crippen LogP contribution >= 0.6 is 0 Å². The number of hydrogen-bond donors (Lipinski definition) is 1. The number of pyridine rings is 1. The number of amides is 1. The first kappa shape index (κ1) is 18.4. The average molecular weight is 371 g/mol. The maximum Gasteiger partial charge on any atom is 0.255 e. The number of hydrogen-bond acceptors (Lipinski definition) is 5. The highest BCUT2D eigenvalue weighted by Gasteiger charge is 2.29. The summed E-state index contributed by atoms with van der Waals surface area (Å²) in [5.74, 6) is 0.0519. The first-order valence-electron chi connectivity index (χ1n) is 10.1. The lowest BCUT2D eigenvalue weighted by Crippen LogP contribution is -2.49. The van der Waals surface area contributed by atoms with Gasteiger partial charge >= 0.3 is 0 Å². The van der Waals surface area contributed by atoms with Crippen LogP contribution < -0.4 is 0 Å². The van der Waals surface area contributed by atoms with Crippen LogP contribution in [0.5, 0.6) is 0 Å². The molecule has 2 aliphatic rings. The van der Waals surface area contributed by atoms with E-state index < -0.39 is 0 Å². The molecule has 7 heteroatoms. The van der Waals surface area contributed by atoms with Crippen molar-refractivity contribution in [3.8, 4) is 0 Å². The van der Waals surface area contributed by atoms with Crippen molar-refractivity contribution < 1.29 is 9.90 Å². The molecule has 0 saturated carbocycles. The molecule has 0 bridgehead atoms. The van der Waals surface area contributed by atoms with Gasteiger partial charge in [-0.15, -0.1) is 0 Å². The summed E-state index contributed by atoms with van der Waals surface area (Å²) in [6.07, 6.45) is 7.08. The van der Waals surface area contributed by atoms with E-state index in [0.29, 0.717) is 17.6 Å². The minimum atomic E-state index is -0.135. The normalized spacial score (nSPS) is 20.7. The first-order chi connectivity index (χ1) is 13.0. The molecule has 4 rings (SSSR count). The van der Waals surface area contributed by atoms with E-state index in [0.717, 1.165) is 63.0 Å². The summed E-state index contributed by atoms with van der Waals surface area (Å²) in [5.41, 5.74) is 2.22. The predicted octanol–water partition coefficient (Wildman–Crippen LogP) is 2.07. The number of piperidine rings is 2. The Balaban J connectivity index is 1.40. The van der Waals surface area contributed by atoms with Gasteiger partial charge < -0.3 is 19.5 Å². The fourth-order valence-electron chi connectivity index (χ4n) is 4.28. The van der Waals surface area contributed by atoms with Gasteiger partial charge in [-0.05, 0) is 45.6 Å². The predicted molar refractivity (Wildman–Crippen MR) is 104 cm³/mol. The lowest BCUT2D eigenvalue weighted by molar-refractivity contribution is 0.0357. The van der Waals surface area contributed by atoms with Crippen LogP contribution in [0, 0.1) is 0 Å². The summed E-state index contributed by atoms with van der Waals surface area (Å²) in [7, 11) is 0. The molecular weight excluding hydrogens is 342 g/mol. The Morgan fingerprint density at radius 3 is 2.48 bits per heavy atom. The molecule has 2 aromatic heterocycles. The number of aromatic nitrogens is 3. The van der Waals surface area contributed by atoms with Crippen molar-refractivity contribution >= 4 is 17.1 Å². The van der Waals surface area contributed by atoms with E-state index >= 15 is 0 Å². The molecule has 7 nitrogen and oxygen atoms in total. The summed E-state index contributed by atoms with van der Waals surface area (Å²) in [5, 5.41) is 9.68. The van der Waals surface area contributed by atoms with Gasteiger partial charge in [-0.2, -0.15) is 0 Å². The van der Waals surface area contributed by atoms with Crippen LogP contribution in [0.1, 0.15) is 55.9 Å². The quantitative estimate of drug-likeness (QED) is 0.894. The van der Waals surface area contributed by atoms with Crippen molar-refractivity contribution in [3.05, 3.63) is 24.2 Å². The zero-order chi connectivity index (χ0) is 19.0. The van der Waals surface area contributed by atoms with E-state index in [1.165, 1.54) is 0 Å². The third kappa shape index (κ3) is 3.71. The highest BCUT2D eigenvalue weighted by atomic mass is 16.3. The number of aliphatic hydroxyl groups excluding tert-OH is 1. The summed E-state index contributed by atoms with van der Waals surface area (Å²) in [6, 6.07) is 2.68. The summed E-state index contributed by atoms with van der Waals surface area (Å²) < 4.78 is 2.02. The molecule has 27 heavy (non-hydrogen) atoms. The maximum atomic E-state index is 12.9. The molecule has 2 fully saturated rings. The number of rotatable bonds is 3. The monoisotopic (exact) mass is 371 g/mol. The van der Waals surface area contributed by atoms with Crippen molar-refractivity contribution in [1.29, 1.82) is 0 Å². The lowest BCUT2D eigenvalue weighted by atomic mass is 9.98. The fourth-order valence-corrected chi connectivity index (χ4v) is 4.28. The van der Waals surface area contributed by atoms with Crippen molar-refractivity contribution in [1.82, 2.24) is 24.3 Å². The van der Waals surface area contributed by atoms with Gasteiger partial charge in [0, 0.05) is 44.5 Å². The Labute approximate surface area is 160 Å². The Morgan fingerprint density at radius 1 is 1.11 bits per heavy atom. The highest BCUT2D eigenvalue weighted by molar-refractivity contribution is 5.96. The first-order valence-corrected chi connectivity index (χ1v) is 10.1. The second-order valence-electron chi connectivity index (χ2n) is 8.10. The second kappa shape index (κ2) is 7.56. The molecular formula is C20H29N5O2. The highest BCUT2D eigenvalue weighted by Crippen LogP contribution is 2.23. The van der Waals surface area contributed by atoms with Gasteiger partial charge in [0.1, 0.15) is 5.52 Å². The SMILES string of the molecule is CC(C)n1cnc2cc(C(=O)N3CCC(N4CCC(O)CC4)CC3)cnc21. The molecule has 0 spiro atoms. The van der Waals surface area contributed by atoms with Gasteiger partial charge in [0.25, 0.3) is 5.91 Å². The average Bonchev–Trinajstić information content (AvgIpc) is 3.12. The van der Waals surface area contributed by atoms with Crippen LogP contribution in [-0.4, -0.2) is 73.7 Å². The number of aliphatic hydroxyl groups is 1. The van der Waals surface area contributed by atoms with Gasteiger partial charge in [-0.1, -0.05) is 0 Å². The molecule has 0 radical (unpaired) electrons. The Hall–Kier alpha value is -1.99. The fraction of sp³-hybridized carbons (Fsp3) is 0.650. The van der Waals surface area contributed by atoms with Crippen LogP contribution in [0.15, 0.2) is 18.6 Å². The molecule has 146 valence electrons. The zero-order valence-electron chi connectivity index (χ0n) is 16.2. The van der Waals surface area contributed by atoms with Gasteiger partial charge in [-0.3, -0.25) is 4.79 Å². The molecule has 0 aromatic carbocycles. The minimum Gasteiger partial charge on any atom is -0.393 e. The minimum absolute atomic E-state index is 0.0519. The molecule has 1 N–H and O–H groups in total. The number of likely N-dealkylation sites (tertiary alicyclic amines) is 2. The van der Waals surface area contributed by atoms with E-state index in [2.05, 4.69) is 28.7 Å². The summed E-state index contributed by atoms with van der Waals surface area (Å²) >= 11 is 0. The van der Waals surface area contributed by atoms with Crippen LogP contribution in [-0.2, 0) is 0 Å². The smallest absolute Gasteiger partial charge is 0.255 e. The van der Waals surface area contributed by atoms with Crippen molar-refractivity contribution in [2.45, 2.75) is 57.7 Å². The lowest BCUT2D eigenvalue weighted by Gasteiger charge is -2.41. The van der Waals surface area contributed by atoms with Gasteiger partial charge in [-0.25, -0.2) is 9.97 Å². The Morgan fingerprint density at radius 2 is 1.81 bits per heavy atom. The molecule has 2 aromatic rings. The number of fused-ring (bicyclic) bond motifs is 1. The molecule has 2 aliphatic heterocycles. The van der Waals surface area contributed by atoms with E-state index in [1.807, 2.05) is 15.5 Å². The topological polar surface area (TPSA) is 74.5 Å². The van der Waals surface area contributed by atoms with E-state index in [-0.39, 0.29) is 12.0 Å². The molecule has 1 amide bonds. The standard InChI is InChI=1S/C20H29N5O2/c1-14(2)25-13-22-18-11-15(12-21-19(18)25)20(27)24-7-3-16(4-8-24)23-9-5-17(26)6-10-23/h11-14,16-17,26H,3-10H2,1-2H3. The zero-order valence-corrected chi connectivity index (χ0v) is 16.2. The molecule has 4 heterocycles. The molecule has 0 aliphatic carbocycles. The molecule has 0 atom stereocenters. The van der Waals surface area contributed by atoms with Crippen LogP contribution in [0.25, 0.3) is 11.2 Å². The second-order valence-corrected chi connectivity index (χ2v) is 8.10. The third-order valence-electron chi connectivity index (χ3n) is 5.98. The van der Waals surface area contributed by atoms with Gasteiger partial charge in [0.05, 0.1) is 18.0 Å². The largest absolute Gasteiger partial charge is 0.393 e.